The predicted octanol–water partition coefficient (Wildman–Crippen LogP) is 2.96. The summed E-state index contributed by atoms with van der Waals surface area (Å²) in [6.45, 7) is 10.6. The molecule has 0 bridgehead atoms. The van der Waals surface area contributed by atoms with Gasteiger partial charge in [-0.15, -0.1) is 0 Å². The highest BCUT2D eigenvalue weighted by Gasteiger charge is 2.19. The maximum Gasteiger partial charge on any atom is 0.138 e. The number of nitrogens with one attached hydrogen (secondary N) is 1. The zero-order valence-electron chi connectivity index (χ0n) is 11.5. The zero-order valence-corrected chi connectivity index (χ0v) is 11.5. The second-order valence-corrected chi connectivity index (χ2v) is 5.41. The van der Waals surface area contributed by atoms with E-state index >= 15 is 0 Å². The van der Waals surface area contributed by atoms with Gasteiger partial charge in [0.05, 0.1) is 0 Å². The molecular formula is C13H24N4. The highest BCUT2D eigenvalue weighted by Crippen LogP contribution is 2.21. The molecule has 0 radical (unpaired) electrons. The summed E-state index contributed by atoms with van der Waals surface area (Å²) in [5.41, 5.74) is 5.74. The van der Waals surface area contributed by atoms with Crippen molar-refractivity contribution in [2.75, 3.05) is 11.1 Å². The van der Waals surface area contributed by atoms with Crippen molar-refractivity contribution >= 4 is 11.6 Å². The fraction of sp³-hybridized carbons (Fsp3) is 0.692. The summed E-state index contributed by atoms with van der Waals surface area (Å²) in [5, 5.41) is 3.40. The summed E-state index contributed by atoms with van der Waals surface area (Å²) in [7, 11) is 0. The van der Waals surface area contributed by atoms with Crippen molar-refractivity contribution in [3.05, 3.63) is 11.9 Å². The highest BCUT2D eigenvalue weighted by atomic mass is 15.1. The Morgan fingerprint density at radius 3 is 2.29 bits per heavy atom. The lowest BCUT2D eigenvalue weighted by molar-refractivity contribution is 0.545. The molecule has 0 atom stereocenters. The minimum atomic E-state index is -0.0836. The molecule has 0 aromatic carbocycles. The van der Waals surface area contributed by atoms with Crippen LogP contribution < -0.4 is 11.1 Å². The lowest BCUT2D eigenvalue weighted by Gasteiger charge is -2.20. The molecule has 0 aliphatic rings. The third-order valence-electron chi connectivity index (χ3n) is 2.75. The van der Waals surface area contributed by atoms with Crippen LogP contribution in [0.2, 0.25) is 0 Å². The molecule has 4 heteroatoms. The van der Waals surface area contributed by atoms with Gasteiger partial charge in [0.15, 0.2) is 0 Å². The van der Waals surface area contributed by atoms with Crippen molar-refractivity contribution in [2.24, 2.45) is 0 Å². The van der Waals surface area contributed by atoms with Gasteiger partial charge < -0.3 is 11.1 Å². The number of aromatic nitrogens is 2. The first-order valence-electron chi connectivity index (χ1n) is 6.28. The van der Waals surface area contributed by atoms with Gasteiger partial charge in [-0.1, -0.05) is 34.6 Å². The molecule has 0 saturated heterocycles. The number of nitrogen functional groups attached to an aromatic ring is 1. The van der Waals surface area contributed by atoms with Gasteiger partial charge in [-0.25, -0.2) is 9.97 Å². The quantitative estimate of drug-likeness (QED) is 0.843. The minimum Gasteiger partial charge on any atom is -0.384 e. The Hall–Kier alpha value is -1.32. The minimum absolute atomic E-state index is 0.0836. The monoisotopic (exact) mass is 236 g/mol. The lowest BCUT2D eigenvalue weighted by atomic mass is 9.96. The molecule has 0 fully saturated rings. The summed E-state index contributed by atoms with van der Waals surface area (Å²) in [6, 6.07) is 2.24. The molecule has 0 amide bonds. The van der Waals surface area contributed by atoms with Gasteiger partial charge in [-0.2, -0.15) is 0 Å². The Morgan fingerprint density at radius 1 is 1.24 bits per heavy atom. The number of anilines is 2. The summed E-state index contributed by atoms with van der Waals surface area (Å²) in [5.74, 6) is 2.14. The number of nitrogens with zero attached hydrogens (tertiary/aromatic N) is 2. The van der Waals surface area contributed by atoms with Crippen LogP contribution >= 0.6 is 0 Å². The zero-order chi connectivity index (χ0) is 13.1. The van der Waals surface area contributed by atoms with E-state index in [2.05, 4.69) is 49.9 Å². The fourth-order valence-corrected chi connectivity index (χ4v) is 1.58. The normalized spacial score (nSPS) is 11.9. The van der Waals surface area contributed by atoms with Crippen LogP contribution in [-0.4, -0.2) is 16.0 Å². The Balaban J connectivity index is 2.97. The number of hydrogen-bond acceptors (Lipinski definition) is 4. The number of rotatable bonds is 4. The Kier molecular flexibility index (Phi) is 4.32. The van der Waals surface area contributed by atoms with E-state index in [9.17, 15) is 0 Å². The van der Waals surface area contributed by atoms with Crippen LogP contribution in [0.1, 0.15) is 53.3 Å². The molecule has 0 aliphatic heterocycles. The topological polar surface area (TPSA) is 63.8 Å². The maximum atomic E-state index is 5.82. The van der Waals surface area contributed by atoms with E-state index < -0.39 is 0 Å². The first-order valence-corrected chi connectivity index (χ1v) is 6.28. The van der Waals surface area contributed by atoms with E-state index in [1.807, 2.05) is 0 Å². The first-order chi connectivity index (χ1) is 7.86. The molecular weight excluding hydrogens is 212 g/mol. The van der Waals surface area contributed by atoms with E-state index in [-0.39, 0.29) is 5.41 Å². The highest BCUT2D eigenvalue weighted by molar-refractivity contribution is 5.45. The molecule has 1 aromatic heterocycles. The van der Waals surface area contributed by atoms with Crippen molar-refractivity contribution in [3.8, 4) is 0 Å². The van der Waals surface area contributed by atoms with Crippen LogP contribution in [0.15, 0.2) is 6.07 Å². The molecule has 1 aromatic rings. The van der Waals surface area contributed by atoms with Gasteiger partial charge in [-0.3, -0.25) is 0 Å². The average molecular weight is 236 g/mol. The van der Waals surface area contributed by atoms with Gasteiger partial charge in [-0.05, 0) is 12.8 Å². The van der Waals surface area contributed by atoms with Crippen molar-refractivity contribution in [1.82, 2.24) is 9.97 Å². The third-order valence-corrected chi connectivity index (χ3v) is 2.75. The largest absolute Gasteiger partial charge is 0.384 e. The SMILES string of the molecule is CCC(CC)Nc1cc(N)nc(C(C)(C)C)n1. The smallest absolute Gasteiger partial charge is 0.138 e. The van der Waals surface area contributed by atoms with E-state index in [1.54, 1.807) is 6.07 Å². The summed E-state index contributed by atoms with van der Waals surface area (Å²) in [6.07, 6.45) is 2.15. The Bertz CT molecular complexity index is 364. The van der Waals surface area contributed by atoms with Gasteiger partial charge in [0, 0.05) is 17.5 Å². The van der Waals surface area contributed by atoms with E-state index in [1.165, 1.54) is 0 Å². The average Bonchev–Trinajstić information content (AvgIpc) is 2.24. The van der Waals surface area contributed by atoms with Crippen molar-refractivity contribution in [2.45, 2.75) is 58.9 Å². The van der Waals surface area contributed by atoms with Gasteiger partial charge in [0.1, 0.15) is 17.5 Å². The van der Waals surface area contributed by atoms with Crippen molar-refractivity contribution in [3.63, 3.8) is 0 Å². The van der Waals surface area contributed by atoms with E-state index in [0.29, 0.717) is 11.9 Å². The molecule has 1 heterocycles. The molecule has 3 N–H and O–H groups in total. The van der Waals surface area contributed by atoms with Crippen LogP contribution in [0, 0.1) is 0 Å². The lowest BCUT2D eigenvalue weighted by Crippen LogP contribution is -2.22. The maximum absolute atomic E-state index is 5.82. The molecule has 0 saturated carbocycles. The van der Waals surface area contributed by atoms with E-state index in [4.69, 9.17) is 5.73 Å². The van der Waals surface area contributed by atoms with Crippen LogP contribution in [-0.2, 0) is 5.41 Å². The third kappa shape index (κ3) is 3.88. The Morgan fingerprint density at radius 2 is 1.82 bits per heavy atom. The fourth-order valence-electron chi connectivity index (χ4n) is 1.58. The second kappa shape index (κ2) is 5.34. The van der Waals surface area contributed by atoms with Crippen molar-refractivity contribution < 1.29 is 0 Å². The molecule has 0 unspecified atom stereocenters. The predicted molar refractivity (Wildman–Crippen MR) is 73.1 cm³/mol. The van der Waals surface area contributed by atoms with Crippen LogP contribution in [0.4, 0.5) is 11.6 Å². The second-order valence-electron chi connectivity index (χ2n) is 5.41. The molecule has 4 nitrogen and oxygen atoms in total. The van der Waals surface area contributed by atoms with Crippen LogP contribution in [0.5, 0.6) is 0 Å². The molecule has 0 aliphatic carbocycles. The van der Waals surface area contributed by atoms with Crippen LogP contribution in [0.3, 0.4) is 0 Å². The molecule has 17 heavy (non-hydrogen) atoms. The van der Waals surface area contributed by atoms with Gasteiger partial charge in [0.25, 0.3) is 0 Å². The molecule has 1 rings (SSSR count). The first kappa shape index (κ1) is 13.7. The van der Waals surface area contributed by atoms with E-state index in [0.717, 1.165) is 24.5 Å². The van der Waals surface area contributed by atoms with Gasteiger partial charge in [0.2, 0.25) is 0 Å². The summed E-state index contributed by atoms with van der Waals surface area (Å²) >= 11 is 0. The molecule has 0 spiro atoms. The van der Waals surface area contributed by atoms with Crippen molar-refractivity contribution in [1.29, 1.82) is 0 Å². The van der Waals surface area contributed by atoms with Crippen LogP contribution in [0.25, 0.3) is 0 Å². The standard InChI is InChI=1S/C13H24N4/c1-6-9(7-2)15-11-8-10(14)16-12(17-11)13(3,4)5/h8-9H,6-7H2,1-5H3,(H3,14,15,16,17). The van der Waals surface area contributed by atoms with Gasteiger partial charge >= 0.3 is 0 Å². The number of nitrogens with two attached hydrogens (primary N) is 1. The summed E-state index contributed by atoms with van der Waals surface area (Å²) in [4.78, 5) is 8.83. The summed E-state index contributed by atoms with van der Waals surface area (Å²) < 4.78 is 0. The number of hydrogen-bond donors (Lipinski definition) is 2. The molecule has 96 valence electrons. The Labute approximate surface area is 104 Å².